The maximum atomic E-state index is 12.0. The summed E-state index contributed by atoms with van der Waals surface area (Å²) < 4.78 is 44.8. The van der Waals surface area contributed by atoms with Crippen molar-refractivity contribution in [1.82, 2.24) is 5.16 Å². The third-order valence-electron chi connectivity index (χ3n) is 2.82. The van der Waals surface area contributed by atoms with E-state index in [-0.39, 0.29) is 18.1 Å². The highest BCUT2D eigenvalue weighted by atomic mass is 19.4. The van der Waals surface area contributed by atoms with Gasteiger partial charge in [-0.25, -0.2) is 0 Å². The molecule has 118 valence electrons. The molecule has 0 atom stereocenters. The molecule has 0 radical (unpaired) electrons. The van der Waals surface area contributed by atoms with Crippen molar-refractivity contribution in [3.63, 3.8) is 0 Å². The number of ether oxygens (including phenoxy) is 1. The van der Waals surface area contributed by atoms with E-state index in [2.05, 4.69) is 15.2 Å². The van der Waals surface area contributed by atoms with Crippen LogP contribution in [0.5, 0.6) is 5.75 Å². The second kappa shape index (κ2) is 6.08. The molecule has 0 aliphatic rings. The molecule has 1 aromatic heterocycles. The van der Waals surface area contributed by atoms with Gasteiger partial charge in [0.25, 0.3) is 0 Å². The summed E-state index contributed by atoms with van der Waals surface area (Å²) in [5.74, 6) is -0.166. The number of halogens is 3. The maximum absolute atomic E-state index is 12.0. The van der Waals surface area contributed by atoms with Gasteiger partial charge in [-0.1, -0.05) is 17.3 Å². The van der Waals surface area contributed by atoms with Gasteiger partial charge in [0, 0.05) is 0 Å². The minimum atomic E-state index is -4.73. The van der Waals surface area contributed by atoms with E-state index in [0.717, 1.165) is 12.1 Å². The molecule has 5 nitrogen and oxygen atoms in total. The molecular weight excluding hydrogens is 301 g/mol. The smallest absolute Gasteiger partial charge is 0.406 e. The number of alkyl halides is 3. The van der Waals surface area contributed by atoms with E-state index in [1.54, 1.807) is 13.8 Å². The fourth-order valence-corrected chi connectivity index (χ4v) is 1.84. The molecule has 1 aromatic carbocycles. The van der Waals surface area contributed by atoms with Crippen LogP contribution in [0, 0.1) is 13.8 Å². The number of amides is 1. The zero-order chi connectivity index (χ0) is 16.3. The van der Waals surface area contributed by atoms with Crippen LogP contribution in [-0.2, 0) is 11.2 Å². The van der Waals surface area contributed by atoms with E-state index in [1.807, 2.05) is 0 Å². The number of rotatable bonds is 4. The van der Waals surface area contributed by atoms with Crippen LogP contribution in [0.15, 0.2) is 28.8 Å². The average Bonchev–Trinajstić information content (AvgIpc) is 2.71. The second-order valence-electron chi connectivity index (χ2n) is 4.62. The van der Waals surface area contributed by atoms with E-state index in [1.165, 1.54) is 12.1 Å². The van der Waals surface area contributed by atoms with Crippen LogP contribution in [0.1, 0.15) is 17.0 Å². The summed E-state index contributed by atoms with van der Waals surface area (Å²) in [6.45, 7) is 3.36. The Morgan fingerprint density at radius 3 is 2.41 bits per heavy atom. The van der Waals surface area contributed by atoms with Crippen molar-refractivity contribution in [2.24, 2.45) is 0 Å². The van der Waals surface area contributed by atoms with Gasteiger partial charge in [-0.2, -0.15) is 0 Å². The largest absolute Gasteiger partial charge is 0.573 e. The van der Waals surface area contributed by atoms with E-state index < -0.39 is 6.36 Å². The number of benzene rings is 1. The molecular formula is C14H13F3N2O3. The third-order valence-corrected chi connectivity index (χ3v) is 2.82. The van der Waals surface area contributed by atoms with Crippen LogP contribution in [0.4, 0.5) is 18.9 Å². The van der Waals surface area contributed by atoms with E-state index in [0.29, 0.717) is 22.7 Å². The predicted molar refractivity (Wildman–Crippen MR) is 71.4 cm³/mol. The van der Waals surface area contributed by atoms with Gasteiger partial charge in [0.15, 0.2) is 5.76 Å². The molecule has 1 heterocycles. The molecule has 1 N–H and O–H groups in total. The Balaban J connectivity index is 1.97. The Morgan fingerprint density at radius 2 is 1.91 bits per heavy atom. The molecule has 0 aliphatic heterocycles. The SMILES string of the molecule is Cc1noc(C)c1NC(=O)Cc1ccc(OC(F)(F)F)cc1. The molecule has 2 aromatic rings. The first-order chi connectivity index (χ1) is 10.2. The Hall–Kier alpha value is -2.51. The summed E-state index contributed by atoms with van der Waals surface area (Å²) in [6, 6.07) is 5.11. The topological polar surface area (TPSA) is 64.4 Å². The van der Waals surface area contributed by atoms with Crippen LogP contribution in [-0.4, -0.2) is 17.4 Å². The summed E-state index contributed by atoms with van der Waals surface area (Å²) >= 11 is 0. The van der Waals surface area contributed by atoms with Gasteiger partial charge in [0.2, 0.25) is 5.91 Å². The summed E-state index contributed by atoms with van der Waals surface area (Å²) in [7, 11) is 0. The second-order valence-corrected chi connectivity index (χ2v) is 4.62. The van der Waals surface area contributed by atoms with Gasteiger partial charge in [-0.15, -0.1) is 13.2 Å². The van der Waals surface area contributed by atoms with Crippen LogP contribution >= 0.6 is 0 Å². The fourth-order valence-electron chi connectivity index (χ4n) is 1.84. The number of aromatic nitrogens is 1. The molecule has 0 fully saturated rings. The first-order valence-electron chi connectivity index (χ1n) is 6.32. The molecule has 0 spiro atoms. The number of carbonyl (C=O) groups is 1. The van der Waals surface area contributed by atoms with Crippen LogP contribution in [0.2, 0.25) is 0 Å². The van der Waals surface area contributed by atoms with E-state index >= 15 is 0 Å². The van der Waals surface area contributed by atoms with E-state index in [9.17, 15) is 18.0 Å². The molecule has 0 saturated carbocycles. The van der Waals surface area contributed by atoms with Crippen molar-refractivity contribution in [3.8, 4) is 5.75 Å². The molecule has 2 rings (SSSR count). The average molecular weight is 314 g/mol. The van der Waals surface area contributed by atoms with Gasteiger partial charge in [0.1, 0.15) is 17.1 Å². The lowest BCUT2D eigenvalue weighted by atomic mass is 10.1. The molecule has 0 unspecified atom stereocenters. The van der Waals surface area contributed by atoms with Gasteiger partial charge >= 0.3 is 6.36 Å². The Bertz CT molecular complexity index is 643. The lowest BCUT2D eigenvalue weighted by Gasteiger charge is -2.09. The number of hydrogen-bond donors (Lipinski definition) is 1. The number of hydrogen-bond acceptors (Lipinski definition) is 4. The van der Waals surface area contributed by atoms with Gasteiger partial charge in [-0.3, -0.25) is 4.79 Å². The minimum Gasteiger partial charge on any atom is -0.406 e. The molecule has 0 bridgehead atoms. The molecule has 8 heteroatoms. The predicted octanol–water partition coefficient (Wildman–Crippen LogP) is 3.37. The Morgan fingerprint density at radius 1 is 1.27 bits per heavy atom. The third kappa shape index (κ3) is 4.24. The molecule has 0 saturated heterocycles. The number of nitrogens with one attached hydrogen (secondary N) is 1. The highest BCUT2D eigenvalue weighted by molar-refractivity contribution is 5.93. The van der Waals surface area contributed by atoms with E-state index in [4.69, 9.17) is 4.52 Å². The quantitative estimate of drug-likeness (QED) is 0.939. The normalized spacial score (nSPS) is 11.3. The van der Waals surface area contributed by atoms with Gasteiger partial charge < -0.3 is 14.6 Å². The minimum absolute atomic E-state index is 0.0103. The zero-order valence-electron chi connectivity index (χ0n) is 11.8. The first kappa shape index (κ1) is 15.9. The maximum Gasteiger partial charge on any atom is 0.573 e. The van der Waals surface area contributed by atoms with Crippen molar-refractivity contribution in [2.45, 2.75) is 26.6 Å². The highest BCUT2D eigenvalue weighted by Crippen LogP contribution is 2.23. The van der Waals surface area contributed by atoms with Crippen molar-refractivity contribution >= 4 is 11.6 Å². The summed E-state index contributed by atoms with van der Waals surface area (Å²) in [5.41, 5.74) is 1.61. The number of nitrogens with zero attached hydrogens (tertiary/aromatic N) is 1. The number of anilines is 1. The van der Waals surface area contributed by atoms with Gasteiger partial charge in [0.05, 0.1) is 6.42 Å². The summed E-state index contributed by atoms with van der Waals surface area (Å²) in [4.78, 5) is 11.9. The Labute approximate surface area is 124 Å². The number of aryl methyl sites for hydroxylation is 2. The lowest BCUT2D eigenvalue weighted by Crippen LogP contribution is -2.17. The standard InChI is InChI=1S/C14H13F3N2O3/c1-8-13(9(2)22-19-8)18-12(20)7-10-3-5-11(6-4-10)21-14(15,16)17/h3-6H,7H2,1-2H3,(H,18,20). The summed E-state index contributed by atoms with van der Waals surface area (Å²) in [6.07, 6.45) is -4.72. The van der Waals surface area contributed by atoms with Crippen molar-refractivity contribution in [2.75, 3.05) is 5.32 Å². The molecule has 1 amide bonds. The fraction of sp³-hybridized carbons (Fsp3) is 0.286. The van der Waals surface area contributed by atoms with Gasteiger partial charge in [-0.05, 0) is 31.5 Å². The van der Waals surface area contributed by atoms with Crippen molar-refractivity contribution in [1.29, 1.82) is 0 Å². The van der Waals surface area contributed by atoms with Crippen LogP contribution in [0.3, 0.4) is 0 Å². The zero-order valence-corrected chi connectivity index (χ0v) is 11.8. The van der Waals surface area contributed by atoms with Crippen molar-refractivity contribution in [3.05, 3.63) is 41.3 Å². The first-order valence-corrected chi connectivity index (χ1v) is 6.32. The molecule has 22 heavy (non-hydrogen) atoms. The lowest BCUT2D eigenvalue weighted by molar-refractivity contribution is -0.274. The van der Waals surface area contributed by atoms with Crippen LogP contribution < -0.4 is 10.1 Å². The number of carbonyl (C=O) groups excluding carboxylic acids is 1. The molecule has 0 aliphatic carbocycles. The van der Waals surface area contributed by atoms with Crippen molar-refractivity contribution < 1.29 is 27.2 Å². The van der Waals surface area contributed by atoms with Crippen LogP contribution in [0.25, 0.3) is 0 Å². The highest BCUT2D eigenvalue weighted by Gasteiger charge is 2.30. The summed E-state index contributed by atoms with van der Waals surface area (Å²) in [5, 5.41) is 6.36. The monoisotopic (exact) mass is 314 g/mol. The Kier molecular flexibility index (Phi) is 4.39.